The molecule has 0 amide bonds. The van der Waals surface area contributed by atoms with Crippen molar-refractivity contribution < 1.29 is 14.6 Å². The Morgan fingerprint density at radius 3 is 2.45 bits per heavy atom. The zero-order valence-corrected chi connectivity index (χ0v) is 13.1. The molecule has 1 atom stereocenters. The number of rotatable bonds is 6. The maximum atomic E-state index is 11.1. The predicted molar refractivity (Wildman–Crippen MR) is 87.0 cm³/mol. The Morgan fingerprint density at radius 2 is 1.86 bits per heavy atom. The summed E-state index contributed by atoms with van der Waals surface area (Å²) in [5, 5.41) is 9.12. The van der Waals surface area contributed by atoms with Gasteiger partial charge in [0.2, 0.25) is 0 Å². The molecule has 116 valence electrons. The Hall–Kier alpha value is -2.33. The first-order valence-electron chi connectivity index (χ1n) is 7.18. The highest BCUT2D eigenvalue weighted by atomic mass is 16.5. The lowest BCUT2D eigenvalue weighted by molar-refractivity contribution is -0.142. The van der Waals surface area contributed by atoms with E-state index in [-0.39, 0.29) is 0 Å². The Kier molecular flexibility index (Phi) is 5.17. The largest absolute Gasteiger partial charge is 0.496 e. The van der Waals surface area contributed by atoms with Gasteiger partial charge < -0.3 is 9.84 Å². The average Bonchev–Trinajstić information content (AvgIpc) is 2.54. The molecule has 0 radical (unpaired) electrons. The number of methoxy groups -OCH3 is 1. The molecule has 4 heteroatoms. The fourth-order valence-corrected chi connectivity index (χ4v) is 2.31. The van der Waals surface area contributed by atoms with Gasteiger partial charge in [-0.2, -0.15) is 0 Å². The maximum absolute atomic E-state index is 11.1. The molecule has 0 saturated heterocycles. The SMILES string of the molecule is COc1ccc(-c2ccccc2)cc1CN(C)C(C)C(=O)O. The lowest BCUT2D eigenvalue weighted by Crippen LogP contribution is -2.35. The summed E-state index contributed by atoms with van der Waals surface area (Å²) in [5.41, 5.74) is 3.19. The van der Waals surface area contributed by atoms with E-state index in [2.05, 4.69) is 18.2 Å². The summed E-state index contributed by atoms with van der Waals surface area (Å²) >= 11 is 0. The molecule has 2 rings (SSSR count). The van der Waals surface area contributed by atoms with E-state index < -0.39 is 12.0 Å². The summed E-state index contributed by atoms with van der Waals surface area (Å²) in [4.78, 5) is 12.9. The van der Waals surface area contributed by atoms with E-state index in [0.29, 0.717) is 6.54 Å². The lowest BCUT2D eigenvalue weighted by atomic mass is 10.0. The van der Waals surface area contributed by atoms with Gasteiger partial charge in [-0.3, -0.25) is 9.69 Å². The van der Waals surface area contributed by atoms with Gasteiger partial charge in [0.1, 0.15) is 11.8 Å². The molecule has 0 spiro atoms. The van der Waals surface area contributed by atoms with Crippen LogP contribution >= 0.6 is 0 Å². The third kappa shape index (κ3) is 3.65. The molecule has 22 heavy (non-hydrogen) atoms. The normalized spacial score (nSPS) is 12.2. The summed E-state index contributed by atoms with van der Waals surface area (Å²) in [6.45, 7) is 2.19. The van der Waals surface area contributed by atoms with Crippen LogP contribution in [0.15, 0.2) is 48.5 Å². The number of benzene rings is 2. The molecule has 1 unspecified atom stereocenters. The maximum Gasteiger partial charge on any atom is 0.320 e. The number of hydrogen-bond donors (Lipinski definition) is 1. The average molecular weight is 299 g/mol. The smallest absolute Gasteiger partial charge is 0.320 e. The fraction of sp³-hybridized carbons (Fsp3) is 0.278. The van der Waals surface area contributed by atoms with Crippen molar-refractivity contribution in [3.05, 3.63) is 54.1 Å². The highest BCUT2D eigenvalue weighted by Crippen LogP contribution is 2.27. The molecular weight excluding hydrogens is 278 g/mol. The van der Waals surface area contributed by atoms with E-state index in [9.17, 15) is 4.79 Å². The van der Waals surface area contributed by atoms with Gasteiger partial charge in [0.25, 0.3) is 0 Å². The van der Waals surface area contributed by atoms with E-state index in [1.165, 1.54) is 0 Å². The van der Waals surface area contributed by atoms with Crippen LogP contribution in [-0.4, -0.2) is 36.2 Å². The van der Waals surface area contributed by atoms with Crippen molar-refractivity contribution in [2.24, 2.45) is 0 Å². The molecule has 0 aromatic heterocycles. The van der Waals surface area contributed by atoms with E-state index in [4.69, 9.17) is 9.84 Å². The van der Waals surface area contributed by atoms with Crippen molar-refractivity contribution in [2.45, 2.75) is 19.5 Å². The third-order valence-electron chi connectivity index (χ3n) is 3.83. The number of carboxylic acid groups (broad SMARTS) is 1. The molecular formula is C18H21NO3. The summed E-state index contributed by atoms with van der Waals surface area (Å²) in [6, 6.07) is 15.5. The minimum Gasteiger partial charge on any atom is -0.496 e. The second-order valence-electron chi connectivity index (χ2n) is 5.32. The van der Waals surface area contributed by atoms with Crippen molar-refractivity contribution in [1.29, 1.82) is 0 Å². The molecule has 2 aromatic carbocycles. The van der Waals surface area contributed by atoms with E-state index >= 15 is 0 Å². The minimum absolute atomic E-state index is 0.511. The standard InChI is InChI=1S/C18H21NO3/c1-13(18(20)21)19(2)12-16-11-15(9-10-17(16)22-3)14-7-5-4-6-8-14/h4-11,13H,12H2,1-3H3,(H,20,21). The molecule has 0 aliphatic rings. The molecule has 0 aliphatic carbocycles. The van der Waals surface area contributed by atoms with Gasteiger partial charge in [0.15, 0.2) is 0 Å². The van der Waals surface area contributed by atoms with Crippen molar-refractivity contribution in [3.8, 4) is 16.9 Å². The van der Waals surface area contributed by atoms with Crippen LogP contribution < -0.4 is 4.74 Å². The van der Waals surface area contributed by atoms with Crippen LogP contribution in [0.2, 0.25) is 0 Å². The van der Waals surface area contributed by atoms with Crippen LogP contribution in [0.4, 0.5) is 0 Å². The summed E-state index contributed by atoms with van der Waals surface area (Å²) < 4.78 is 5.40. The van der Waals surface area contributed by atoms with Gasteiger partial charge in [0.05, 0.1) is 7.11 Å². The first-order valence-corrected chi connectivity index (χ1v) is 7.18. The molecule has 1 N–H and O–H groups in total. The predicted octanol–water partition coefficient (Wildman–Crippen LogP) is 3.27. The molecule has 0 heterocycles. The lowest BCUT2D eigenvalue weighted by Gasteiger charge is -2.22. The second-order valence-corrected chi connectivity index (χ2v) is 5.32. The van der Waals surface area contributed by atoms with Crippen molar-refractivity contribution in [2.75, 3.05) is 14.2 Å². The highest BCUT2D eigenvalue weighted by molar-refractivity contribution is 5.73. The number of aliphatic carboxylic acids is 1. The van der Waals surface area contributed by atoms with Crippen LogP contribution in [0, 0.1) is 0 Å². The van der Waals surface area contributed by atoms with Crippen LogP contribution in [0.1, 0.15) is 12.5 Å². The molecule has 4 nitrogen and oxygen atoms in total. The molecule has 2 aromatic rings. The summed E-state index contributed by atoms with van der Waals surface area (Å²) in [7, 11) is 3.43. The van der Waals surface area contributed by atoms with Crippen LogP contribution in [0.5, 0.6) is 5.75 Å². The summed E-state index contributed by atoms with van der Waals surface area (Å²) in [6.07, 6.45) is 0. The number of carboxylic acids is 1. The van der Waals surface area contributed by atoms with Crippen molar-refractivity contribution in [3.63, 3.8) is 0 Å². The van der Waals surface area contributed by atoms with Gasteiger partial charge in [-0.25, -0.2) is 0 Å². The number of likely N-dealkylation sites (N-methyl/N-ethyl adjacent to an activating group) is 1. The number of nitrogens with zero attached hydrogens (tertiary/aromatic N) is 1. The Morgan fingerprint density at radius 1 is 1.18 bits per heavy atom. The number of hydrogen-bond acceptors (Lipinski definition) is 3. The van der Waals surface area contributed by atoms with Gasteiger partial charge in [-0.05, 0) is 37.2 Å². The fourth-order valence-electron chi connectivity index (χ4n) is 2.31. The number of ether oxygens (including phenoxy) is 1. The molecule has 0 bridgehead atoms. The first-order chi connectivity index (χ1) is 10.5. The topological polar surface area (TPSA) is 49.8 Å². The van der Waals surface area contributed by atoms with Gasteiger partial charge in [0, 0.05) is 12.1 Å². The van der Waals surface area contributed by atoms with Crippen LogP contribution in [0.25, 0.3) is 11.1 Å². The number of carbonyl (C=O) groups is 1. The Bertz CT molecular complexity index is 640. The molecule has 0 aliphatic heterocycles. The summed E-state index contributed by atoms with van der Waals surface area (Å²) in [5.74, 6) is -0.0650. The monoisotopic (exact) mass is 299 g/mol. The zero-order chi connectivity index (χ0) is 16.1. The van der Waals surface area contributed by atoms with Gasteiger partial charge in [-0.1, -0.05) is 36.4 Å². The van der Waals surface area contributed by atoms with E-state index in [1.807, 2.05) is 30.3 Å². The minimum atomic E-state index is -0.833. The molecule has 0 saturated carbocycles. The zero-order valence-electron chi connectivity index (χ0n) is 13.1. The molecule has 0 fully saturated rings. The van der Waals surface area contributed by atoms with Crippen molar-refractivity contribution >= 4 is 5.97 Å². The van der Waals surface area contributed by atoms with E-state index in [0.717, 1.165) is 22.4 Å². The third-order valence-corrected chi connectivity index (χ3v) is 3.83. The van der Waals surface area contributed by atoms with Gasteiger partial charge in [-0.15, -0.1) is 0 Å². The quantitative estimate of drug-likeness (QED) is 0.889. The van der Waals surface area contributed by atoms with Crippen LogP contribution in [0.3, 0.4) is 0 Å². The highest BCUT2D eigenvalue weighted by Gasteiger charge is 2.18. The first kappa shape index (κ1) is 16.0. The van der Waals surface area contributed by atoms with Gasteiger partial charge >= 0.3 is 5.97 Å². The Balaban J connectivity index is 2.31. The van der Waals surface area contributed by atoms with Crippen molar-refractivity contribution in [1.82, 2.24) is 4.90 Å². The van der Waals surface area contributed by atoms with E-state index in [1.54, 1.807) is 26.0 Å². The second kappa shape index (κ2) is 7.09. The van der Waals surface area contributed by atoms with Crippen LogP contribution in [-0.2, 0) is 11.3 Å². The Labute approximate surface area is 131 Å².